The molecule has 3 aromatic rings. The third-order valence-corrected chi connectivity index (χ3v) is 5.92. The van der Waals surface area contributed by atoms with Crippen LogP contribution < -0.4 is 10.1 Å². The van der Waals surface area contributed by atoms with Crippen molar-refractivity contribution in [2.24, 2.45) is 7.05 Å². The number of rotatable bonds is 7. The summed E-state index contributed by atoms with van der Waals surface area (Å²) >= 11 is 0. The van der Waals surface area contributed by atoms with Crippen LogP contribution in [0, 0.1) is 6.92 Å². The van der Waals surface area contributed by atoms with Crippen LogP contribution in [0.3, 0.4) is 0 Å². The Bertz CT molecular complexity index is 944. The zero-order valence-corrected chi connectivity index (χ0v) is 17.7. The van der Waals surface area contributed by atoms with Crippen molar-refractivity contribution < 1.29 is 4.74 Å². The van der Waals surface area contributed by atoms with E-state index in [9.17, 15) is 0 Å². The van der Waals surface area contributed by atoms with E-state index in [1.807, 2.05) is 24.9 Å². The Morgan fingerprint density at radius 2 is 1.90 bits per heavy atom. The minimum absolute atomic E-state index is 0.373. The summed E-state index contributed by atoms with van der Waals surface area (Å²) in [6, 6.07) is 11.1. The highest BCUT2D eigenvalue weighted by Gasteiger charge is 2.22. The predicted molar refractivity (Wildman–Crippen MR) is 116 cm³/mol. The lowest BCUT2D eigenvalue weighted by atomic mass is 10.0. The summed E-state index contributed by atoms with van der Waals surface area (Å²) in [7, 11) is 3.66. The smallest absolute Gasteiger partial charge is 0.157 e. The molecule has 1 saturated heterocycles. The number of hydrogen-bond acceptors (Lipinski definition) is 5. The van der Waals surface area contributed by atoms with Crippen LogP contribution in [0.4, 0.5) is 0 Å². The first-order chi connectivity index (χ1) is 14.2. The molecule has 0 bridgehead atoms. The predicted octanol–water partition coefficient (Wildman–Crippen LogP) is 3.60. The second kappa shape index (κ2) is 8.93. The second-order valence-electron chi connectivity index (χ2n) is 7.94. The molecule has 1 aromatic carbocycles. The summed E-state index contributed by atoms with van der Waals surface area (Å²) in [5.74, 6) is 0.908. The van der Waals surface area contributed by atoms with Gasteiger partial charge in [0, 0.05) is 37.8 Å². The number of piperidine rings is 1. The monoisotopic (exact) mass is 393 g/mol. The molecule has 0 spiro atoms. The zero-order valence-electron chi connectivity index (χ0n) is 17.7. The van der Waals surface area contributed by atoms with E-state index in [2.05, 4.69) is 50.6 Å². The van der Waals surface area contributed by atoms with E-state index in [-0.39, 0.29) is 0 Å². The molecular weight excluding hydrogens is 362 g/mol. The number of benzene rings is 1. The number of methoxy groups -OCH3 is 1. The first kappa shape index (κ1) is 19.9. The molecule has 0 aliphatic carbocycles. The van der Waals surface area contributed by atoms with Crippen molar-refractivity contribution in [1.29, 1.82) is 0 Å². The van der Waals surface area contributed by atoms with Crippen molar-refractivity contribution in [3.63, 3.8) is 0 Å². The van der Waals surface area contributed by atoms with Crippen LogP contribution in [-0.4, -0.2) is 46.4 Å². The molecular formula is C23H31N5O. The van der Waals surface area contributed by atoms with Crippen LogP contribution in [-0.2, 0) is 13.6 Å². The Morgan fingerprint density at radius 3 is 2.62 bits per heavy atom. The lowest BCUT2D eigenvalue weighted by molar-refractivity contribution is 0.160. The number of hydrogen-bond donors (Lipinski definition) is 1. The van der Waals surface area contributed by atoms with Crippen molar-refractivity contribution >= 4 is 11.0 Å². The first-order valence-corrected chi connectivity index (χ1v) is 10.5. The van der Waals surface area contributed by atoms with Crippen LogP contribution in [0.1, 0.15) is 42.1 Å². The van der Waals surface area contributed by atoms with E-state index in [0.717, 1.165) is 35.6 Å². The number of nitrogens with one attached hydrogen (secondary N) is 1. The molecule has 29 heavy (non-hydrogen) atoms. The summed E-state index contributed by atoms with van der Waals surface area (Å²) in [4.78, 5) is 7.22. The number of ether oxygens (including phenoxy) is 1. The summed E-state index contributed by atoms with van der Waals surface area (Å²) < 4.78 is 7.18. The lowest BCUT2D eigenvalue weighted by Gasteiger charge is -2.35. The number of fused-ring (bicyclic) bond motifs is 1. The molecule has 0 radical (unpaired) electrons. The van der Waals surface area contributed by atoms with Gasteiger partial charge in [0.1, 0.15) is 5.75 Å². The highest BCUT2D eigenvalue weighted by molar-refractivity contribution is 5.78. The largest absolute Gasteiger partial charge is 0.497 e. The van der Waals surface area contributed by atoms with Gasteiger partial charge in [-0.05, 0) is 62.2 Å². The SMILES string of the molecule is COc1ccc(C(CNCc2cnc3c(c2)c(C)nn3C)N2CCCCC2)cc1. The number of likely N-dealkylation sites (tertiary alicyclic amines) is 1. The molecule has 6 nitrogen and oxygen atoms in total. The van der Waals surface area contributed by atoms with Gasteiger partial charge in [0.05, 0.1) is 12.8 Å². The van der Waals surface area contributed by atoms with Crippen LogP contribution in [0.25, 0.3) is 11.0 Å². The van der Waals surface area contributed by atoms with E-state index < -0.39 is 0 Å². The number of aromatic nitrogens is 3. The molecule has 1 aliphatic rings. The van der Waals surface area contributed by atoms with Gasteiger partial charge in [-0.25, -0.2) is 4.98 Å². The van der Waals surface area contributed by atoms with E-state index in [1.165, 1.54) is 43.5 Å². The summed E-state index contributed by atoms with van der Waals surface area (Å²) in [5, 5.41) is 9.28. The normalized spacial score (nSPS) is 16.2. The Kier molecular flexibility index (Phi) is 6.11. The highest BCUT2D eigenvalue weighted by Crippen LogP contribution is 2.26. The van der Waals surface area contributed by atoms with Crippen molar-refractivity contribution in [1.82, 2.24) is 25.0 Å². The fourth-order valence-corrected chi connectivity index (χ4v) is 4.31. The van der Waals surface area contributed by atoms with Crippen molar-refractivity contribution in [3.05, 3.63) is 53.3 Å². The Balaban J connectivity index is 1.46. The molecule has 1 fully saturated rings. The van der Waals surface area contributed by atoms with E-state index in [4.69, 9.17) is 4.74 Å². The third-order valence-electron chi connectivity index (χ3n) is 5.92. The third kappa shape index (κ3) is 4.43. The summed E-state index contributed by atoms with van der Waals surface area (Å²) in [6.07, 6.45) is 5.87. The van der Waals surface area contributed by atoms with E-state index in [1.54, 1.807) is 7.11 Å². The first-order valence-electron chi connectivity index (χ1n) is 10.5. The Labute approximate surface area is 172 Å². The number of pyridine rings is 1. The van der Waals surface area contributed by atoms with Crippen molar-refractivity contribution in [3.8, 4) is 5.75 Å². The van der Waals surface area contributed by atoms with E-state index in [0.29, 0.717) is 6.04 Å². The van der Waals surface area contributed by atoms with Crippen LogP contribution in [0.2, 0.25) is 0 Å². The van der Waals surface area contributed by atoms with Gasteiger partial charge < -0.3 is 10.1 Å². The van der Waals surface area contributed by atoms with Crippen LogP contribution in [0.15, 0.2) is 36.5 Å². The van der Waals surface area contributed by atoms with Gasteiger partial charge in [0.25, 0.3) is 0 Å². The molecule has 154 valence electrons. The van der Waals surface area contributed by atoms with E-state index >= 15 is 0 Å². The average Bonchev–Trinajstić information content (AvgIpc) is 3.05. The Morgan fingerprint density at radius 1 is 1.14 bits per heavy atom. The molecule has 1 N–H and O–H groups in total. The number of nitrogens with zero attached hydrogens (tertiary/aromatic N) is 4. The standard InChI is InChI=1S/C23H31N5O/c1-17-21-13-18(15-25-23(21)27(2)26-17)14-24-16-22(28-11-5-4-6-12-28)19-7-9-20(29-3)10-8-19/h7-10,13,15,22,24H,4-6,11-12,14,16H2,1-3H3. The summed E-state index contributed by atoms with van der Waals surface area (Å²) in [5.41, 5.74) is 4.51. The maximum Gasteiger partial charge on any atom is 0.157 e. The van der Waals surface area contributed by atoms with Gasteiger partial charge in [-0.15, -0.1) is 0 Å². The van der Waals surface area contributed by atoms with Gasteiger partial charge >= 0.3 is 0 Å². The molecule has 4 rings (SSSR count). The van der Waals surface area contributed by atoms with Gasteiger partial charge in [-0.2, -0.15) is 5.10 Å². The molecule has 0 amide bonds. The highest BCUT2D eigenvalue weighted by atomic mass is 16.5. The minimum Gasteiger partial charge on any atom is -0.497 e. The van der Waals surface area contributed by atoms with Crippen molar-refractivity contribution in [2.75, 3.05) is 26.7 Å². The van der Waals surface area contributed by atoms with Gasteiger partial charge in [-0.3, -0.25) is 9.58 Å². The minimum atomic E-state index is 0.373. The van der Waals surface area contributed by atoms with Gasteiger partial charge in [0.15, 0.2) is 5.65 Å². The number of aryl methyl sites for hydroxylation is 2. The fourth-order valence-electron chi connectivity index (χ4n) is 4.31. The maximum atomic E-state index is 5.34. The molecule has 1 unspecified atom stereocenters. The quantitative estimate of drug-likeness (QED) is 0.665. The summed E-state index contributed by atoms with van der Waals surface area (Å²) in [6.45, 7) is 6.09. The van der Waals surface area contributed by atoms with Crippen LogP contribution in [0.5, 0.6) is 5.75 Å². The molecule has 1 aliphatic heterocycles. The average molecular weight is 394 g/mol. The molecule has 0 saturated carbocycles. The Hall–Kier alpha value is -2.44. The van der Waals surface area contributed by atoms with Crippen LogP contribution >= 0.6 is 0 Å². The zero-order chi connectivity index (χ0) is 20.2. The second-order valence-corrected chi connectivity index (χ2v) is 7.94. The lowest BCUT2D eigenvalue weighted by Crippen LogP contribution is -2.39. The van der Waals surface area contributed by atoms with Gasteiger partial charge in [0.2, 0.25) is 0 Å². The molecule has 2 aromatic heterocycles. The molecule has 6 heteroatoms. The molecule has 1 atom stereocenters. The topological polar surface area (TPSA) is 55.2 Å². The molecule has 3 heterocycles. The van der Waals surface area contributed by atoms with Gasteiger partial charge in [-0.1, -0.05) is 18.6 Å². The van der Waals surface area contributed by atoms with Crippen molar-refractivity contribution in [2.45, 2.75) is 38.8 Å². The maximum absolute atomic E-state index is 5.34. The fraction of sp³-hybridized carbons (Fsp3) is 0.478.